The number of aryl methyl sites for hydroxylation is 1. The van der Waals surface area contributed by atoms with E-state index in [1.54, 1.807) is 0 Å². The summed E-state index contributed by atoms with van der Waals surface area (Å²) >= 11 is 0. The standard InChI is InChI=1S/C18H25BN4O2/c1-13-10-14(16-4-3-5-23(16)19(2)24)18-15(11-13)20-12-17(21-18)22-6-8-25-9-7-22/h10-12,16,24H,3-9H2,1-2H3. The fourth-order valence-electron chi connectivity index (χ4n) is 4.05. The molecule has 2 aliphatic heterocycles. The van der Waals surface area contributed by atoms with Gasteiger partial charge in [-0.15, -0.1) is 0 Å². The minimum atomic E-state index is -0.446. The van der Waals surface area contributed by atoms with Crippen LogP contribution in [0.15, 0.2) is 18.3 Å². The molecule has 2 fully saturated rings. The second-order valence-electron chi connectivity index (χ2n) is 7.08. The average Bonchev–Trinajstić information content (AvgIpc) is 3.11. The molecule has 25 heavy (non-hydrogen) atoms. The summed E-state index contributed by atoms with van der Waals surface area (Å²) in [5.41, 5.74) is 4.28. The largest absolute Gasteiger partial charge is 0.437 e. The van der Waals surface area contributed by atoms with Crippen LogP contribution in [-0.2, 0) is 4.74 Å². The monoisotopic (exact) mass is 340 g/mol. The molecule has 1 aromatic carbocycles. The molecular formula is C18H25BN4O2. The first-order chi connectivity index (χ1) is 12.1. The topological polar surface area (TPSA) is 61.7 Å². The zero-order chi connectivity index (χ0) is 17.4. The normalized spacial score (nSPS) is 21.9. The predicted octanol–water partition coefficient (Wildman–Crippen LogP) is 2.02. The van der Waals surface area contributed by atoms with Gasteiger partial charge in [0.05, 0.1) is 30.4 Å². The first-order valence-corrected chi connectivity index (χ1v) is 9.17. The Balaban J connectivity index is 1.79. The van der Waals surface area contributed by atoms with E-state index in [-0.39, 0.29) is 6.04 Å². The Morgan fingerprint density at radius 1 is 1.24 bits per heavy atom. The molecule has 3 heterocycles. The van der Waals surface area contributed by atoms with Crippen molar-refractivity contribution in [1.29, 1.82) is 0 Å². The van der Waals surface area contributed by atoms with E-state index >= 15 is 0 Å². The van der Waals surface area contributed by atoms with Crippen LogP contribution in [-0.4, -0.2) is 59.7 Å². The minimum absolute atomic E-state index is 0.205. The molecule has 2 aromatic rings. The molecule has 4 rings (SSSR count). The number of ether oxygens (including phenoxy) is 1. The quantitative estimate of drug-likeness (QED) is 0.863. The van der Waals surface area contributed by atoms with Crippen LogP contribution in [0.4, 0.5) is 5.82 Å². The second kappa shape index (κ2) is 6.90. The number of fused-ring (bicyclic) bond motifs is 1. The molecular weight excluding hydrogens is 315 g/mol. The molecule has 2 aliphatic rings. The Labute approximate surface area is 148 Å². The number of benzene rings is 1. The smallest absolute Gasteiger partial charge is 0.376 e. The third kappa shape index (κ3) is 3.24. The molecule has 0 amide bonds. The van der Waals surface area contributed by atoms with E-state index in [4.69, 9.17) is 14.7 Å². The molecule has 0 spiro atoms. The van der Waals surface area contributed by atoms with Crippen LogP contribution < -0.4 is 4.90 Å². The lowest BCUT2D eigenvalue weighted by Crippen LogP contribution is -2.37. The van der Waals surface area contributed by atoms with Gasteiger partial charge in [0.25, 0.3) is 0 Å². The molecule has 2 saturated heterocycles. The highest BCUT2D eigenvalue weighted by atomic mass is 16.5. The fraction of sp³-hybridized carbons (Fsp3) is 0.556. The van der Waals surface area contributed by atoms with Crippen LogP contribution >= 0.6 is 0 Å². The highest BCUT2D eigenvalue weighted by molar-refractivity contribution is 6.45. The van der Waals surface area contributed by atoms with Gasteiger partial charge in [-0.1, -0.05) is 6.07 Å². The molecule has 1 atom stereocenters. The maximum absolute atomic E-state index is 10.2. The number of nitrogens with zero attached hydrogens (tertiary/aromatic N) is 4. The number of aromatic nitrogens is 2. The molecule has 7 heteroatoms. The Morgan fingerprint density at radius 3 is 2.80 bits per heavy atom. The first-order valence-electron chi connectivity index (χ1n) is 9.17. The van der Waals surface area contributed by atoms with Crippen molar-refractivity contribution in [2.75, 3.05) is 37.7 Å². The molecule has 0 saturated carbocycles. The van der Waals surface area contributed by atoms with Gasteiger partial charge in [0, 0.05) is 19.1 Å². The van der Waals surface area contributed by atoms with Gasteiger partial charge in [0.2, 0.25) is 0 Å². The predicted molar refractivity (Wildman–Crippen MR) is 99.8 cm³/mol. The number of hydrogen-bond acceptors (Lipinski definition) is 6. The Kier molecular flexibility index (Phi) is 4.62. The van der Waals surface area contributed by atoms with Crippen molar-refractivity contribution in [2.45, 2.75) is 32.6 Å². The maximum Gasteiger partial charge on any atom is 0.376 e. The van der Waals surface area contributed by atoms with E-state index in [0.717, 1.165) is 62.5 Å². The highest BCUT2D eigenvalue weighted by Gasteiger charge is 2.32. The average molecular weight is 340 g/mol. The SMILES string of the molecule is CB(O)N1CCCC1c1cc(C)cc2ncc(N3CCOCC3)nc12. The van der Waals surface area contributed by atoms with E-state index < -0.39 is 7.05 Å². The van der Waals surface area contributed by atoms with E-state index in [1.807, 2.05) is 13.0 Å². The summed E-state index contributed by atoms with van der Waals surface area (Å²) in [6.45, 7) is 8.05. The van der Waals surface area contributed by atoms with Gasteiger partial charge in [-0.25, -0.2) is 4.98 Å². The van der Waals surface area contributed by atoms with Crippen LogP contribution in [0.2, 0.25) is 6.82 Å². The van der Waals surface area contributed by atoms with E-state index in [0.29, 0.717) is 0 Å². The van der Waals surface area contributed by atoms with Gasteiger partial charge in [0.15, 0.2) is 0 Å². The summed E-state index contributed by atoms with van der Waals surface area (Å²) in [5.74, 6) is 0.919. The van der Waals surface area contributed by atoms with Crippen molar-refractivity contribution >= 4 is 23.9 Å². The van der Waals surface area contributed by atoms with E-state index in [1.165, 1.54) is 11.1 Å². The van der Waals surface area contributed by atoms with Crippen LogP contribution in [0.1, 0.15) is 30.0 Å². The summed E-state index contributed by atoms with van der Waals surface area (Å²) in [5, 5.41) is 10.2. The number of rotatable bonds is 3. The fourth-order valence-corrected chi connectivity index (χ4v) is 4.05. The lowest BCUT2D eigenvalue weighted by atomic mass is 9.82. The van der Waals surface area contributed by atoms with Crippen molar-refractivity contribution in [2.24, 2.45) is 0 Å². The summed E-state index contributed by atoms with van der Waals surface area (Å²) in [4.78, 5) is 14.1. The van der Waals surface area contributed by atoms with Crippen molar-refractivity contribution in [3.63, 3.8) is 0 Å². The molecule has 0 bridgehead atoms. The summed E-state index contributed by atoms with van der Waals surface area (Å²) in [7, 11) is -0.446. The van der Waals surface area contributed by atoms with Gasteiger partial charge in [-0.05, 0) is 50.3 Å². The summed E-state index contributed by atoms with van der Waals surface area (Å²) < 4.78 is 5.45. The van der Waals surface area contributed by atoms with Crippen LogP contribution in [0.3, 0.4) is 0 Å². The zero-order valence-electron chi connectivity index (χ0n) is 15.0. The van der Waals surface area contributed by atoms with Gasteiger partial charge in [-0.2, -0.15) is 0 Å². The molecule has 1 unspecified atom stereocenters. The highest BCUT2D eigenvalue weighted by Crippen LogP contribution is 2.36. The minimum Gasteiger partial charge on any atom is -0.437 e. The number of morpholine rings is 1. The second-order valence-corrected chi connectivity index (χ2v) is 7.08. The van der Waals surface area contributed by atoms with Gasteiger partial charge < -0.3 is 19.5 Å². The molecule has 132 valence electrons. The molecule has 6 nitrogen and oxygen atoms in total. The first kappa shape index (κ1) is 16.8. The van der Waals surface area contributed by atoms with E-state index in [2.05, 4.69) is 28.8 Å². The molecule has 1 N–H and O–H groups in total. The Hall–Kier alpha value is -1.70. The lowest BCUT2D eigenvalue weighted by Gasteiger charge is -2.29. The molecule has 0 radical (unpaired) electrons. The van der Waals surface area contributed by atoms with Crippen LogP contribution in [0.5, 0.6) is 0 Å². The summed E-state index contributed by atoms with van der Waals surface area (Å²) in [6.07, 6.45) is 4.02. The van der Waals surface area contributed by atoms with Crippen LogP contribution in [0.25, 0.3) is 11.0 Å². The third-order valence-corrected chi connectivity index (χ3v) is 5.28. The van der Waals surface area contributed by atoms with E-state index in [9.17, 15) is 5.02 Å². The third-order valence-electron chi connectivity index (χ3n) is 5.28. The molecule has 1 aromatic heterocycles. The summed E-state index contributed by atoms with van der Waals surface area (Å²) in [6, 6.07) is 4.51. The zero-order valence-corrected chi connectivity index (χ0v) is 15.0. The van der Waals surface area contributed by atoms with Crippen LogP contribution in [0, 0.1) is 6.92 Å². The van der Waals surface area contributed by atoms with Crippen molar-refractivity contribution in [3.8, 4) is 0 Å². The maximum atomic E-state index is 10.2. The number of anilines is 1. The van der Waals surface area contributed by atoms with Gasteiger partial charge in [-0.3, -0.25) is 4.98 Å². The number of hydrogen-bond donors (Lipinski definition) is 1. The van der Waals surface area contributed by atoms with Crippen molar-refractivity contribution < 1.29 is 9.76 Å². The van der Waals surface area contributed by atoms with Gasteiger partial charge >= 0.3 is 7.05 Å². The Bertz CT molecular complexity index is 764. The Morgan fingerprint density at radius 2 is 2.04 bits per heavy atom. The lowest BCUT2D eigenvalue weighted by molar-refractivity contribution is 0.122. The molecule has 0 aliphatic carbocycles. The van der Waals surface area contributed by atoms with Crippen molar-refractivity contribution in [3.05, 3.63) is 29.5 Å². The van der Waals surface area contributed by atoms with Gasteiger partial charge in [0.1, 0.15) is 5.82 Å². The van der Waals surface area contributed by atoms with Crippen molar-refractivity contribution in [1.82, 2.24) is 14.8 Å².